The Morgan fingerprint density at radius 1 is 1.40 bits per heavy atom. The Balaban J connectivity index is 2.39. The first-order valence-corrected chi connectivity index (χ1v) is 6.24. The molecule has 0 bridgehead atoms. The molecular weight excluding hydrogens is 184 g/mol. The molecule has 2 unspecified atom stereocenters. The van der Waals surface area contributed by atoms with Crippen LogP contribution in [0.25, 0.3) is 0 Å². The fourth-order valence-corrected chi connectivity index (χ4v) is 2.68. The largest absolute Gasteiger partial charge is 0.330 e. The molecule has 0 aliphatic heterocycles. The minimum atomic E-state index is 0.768. The number of hydrogen-bond donors (Lipinski definition) is 1. The first kappa shape index (κ1) is 12.7. The monoisotopic (exact) mass is 210 g/mol. The van der Waals surface area contributed by atoms with Crippen molar-refractivity contribution < 1.29 is 0 Å². The fraction of sp³-hybridized carbons (Fsp3) is 0.846. The van der Waals surface area contributed by atoms with Gasteiger partial charge in [0, 0.05) is 13.1 Å². The lowest BCUT2D eigenvalue weighted by atomic mass is 9.95. The highest BCUT2D eigenvalue weighted by atomic mass is 15.1. The van der Waals surface area contributed by atoms with Crippen molar-refractivity contribution in [3.8, 4) is 0 Å². The van der Waals surface area contributed by atoms with Gasteiger partial charge in [-0.15, -0.1) is 0 Å². The summed E-state index contributed by atoms with van der Waals surface area (Å²) in [7, 11) is 0. The zero-order valence-electron chi connectivity index (χ0n) is 10.3. The van der Waals surface area contributed by atoms with E-state index < -0.39 is 0 Å². The van der Waals surface area contributed by atoms with E-state index in [9.17, 15) is 0 Å². The Kier molecular flexibility index (Phi) is 5.34. The van der Waals surface area contributed by atoms with Crippen LogP contribution in [0.1, 0.15) is 33.1 Å². The zero-order chi connectivity index (χ0) is 11.3. The van der Waals surface area contributed by atoms with Gasteiger partial charge in [0.2, 0.25) is 0 Å². The normalized spacial score (nSPS) is 26.1. The molecule has 0 amide bonds. The molecule has 2 heteroatoms. The Hall–Kier alpha value is -0.340. The van der Waals surface area contributed by atoms with E-state index in [0.717, 1.165) is 31.5 Å². The predicted octanol–water partition coefficient (Wildman–Crippen LogP) is 2.26. The van der Waals surface area contributed by atoms with Crippen LogP contribution in [0.5, 0.6) is 0 Å². The molecule has 2 atom stereocenters. The third kappa shape index (κ3) is 3.96. The van der Waals surface area contributed by atoms with Crippen LogP contribution in [-0.4, -0.2) is 31.1 Å². The Bertz CT molecular complexity index is 201. The van der Waals surface area contributed by atoms with E-state index in [4.69, 9.17) is 5.73 Å². The van der Waals surface area contributed by atoms with Crippen molar-refractivity contribution in [3.05, 3.63) is 12.2 Å². The van der Waals surface area contributed by atoms with Crippen molar-refractivity contribution in [2.45, 2.75) is 33.1 Å². The second kappa shape index (κ2) is 6.29. The predicted molar refractivity (Wildman–Crippen MR) is 66.8 cm³/mol. The van der Waals surface area contributed by atoms with Gasteiger partial charge in [-0.1, -0.05) is 25.5 Å². The molecule has 0 aromatic heterocycles. The van der Waals surface area contributed by atoms with Crippen LogP contribution in [0.4, 0.5) is 0 Å². The highest BCUT2D eigenvalue weighted by Gasteiger charge is 2.27. The van der Waals surface area contributed by atoms with Crippen molar-refractivity contribution in [3.63, 3.8) is 0 Å². The quantitative estimate of drug-likeness (QED) is 0.681. The molecule has 1 saturated carbocycles. The summed E-state index contributed by atoms with van der Waals surface area (Å²) in [6, 6.07) is 0. The van der Waals surface area contributed by atoms with Crippen LogP contribution < -0.4 is 5.73 Å². The Labute approximate surface area is 94.5 Å². The third-order valence-corrected chi connectivity index (χ3v) is 3.55. The van der Waals surface area contributed by atoms with Crippen LogP contribution in [0.2, 0.25) is 0 Å². The second-order valence-electron chi connectivity index (χ2n) is 4.97. The molecule has 0 aromatic rings. The average molecular weight is 210 g/mol. The zero-order valence-corrected chi connectivity index (χ0v) is 10.3. The minimum absolute atomic E-state index is 0.768. The van der Waals surface area contributed by atoms with E-state index >= 15 is 0 Å². The van der Waals surface area contributed by atoms with Crippen LogP contribution in [0.3, 0.4) is 0 Å². The lowest BCUT2D eigenvalue weighted by molar-refractivity contribution is 0.229. The van der Waals surface area contributed by atoms with Gasteiger partial charge in [-0.2, -0.15) is 0 Å². The molecule has 1 aliphatic rings. The molecule has 1 fully saturated rings. The SMILES string of the molecule is C=C(C)CN(CC)CC1CCCC1CN. The van der Waals surface area contributed by atoms with Crippen LogP contribution in [0, 0.1) is 11.8 Å². The summed E-state index contributed by atoms with van der Waals surface area (Å²) in [6.07, 6.45) is 4.08. The summed E-state index contributed by atoms with van der Waals surface area (Å²) in [5.41, 5.74) is 7.07. The van der Waals surface area contributed by atoms with E-state index in [0.29, 0.717) is 0 Å². The number of rotatable bonds is 6. The first-order chi connectivity index (χ1) is 7.17. The molecule has 1 rings (SSSR count). The van der Waals surface area contributed by atoms with E-state index in [1.54, 1.807) is 0 Å². The van der Waals surface area contributed by atoms with Crippen LogP contribution in [0.15, 0.2) is 12.2 Å². The molecule has 0 heterocycles. The molecule has 0 radical (unpaired) electrons. The van der Waals surface area contributed by atoms with Gasteiger partial charge in [0.15, 0.2) is 0 Å². The minimum Gasteiger partial charge on any atom is -0.330 e. The molecule has 88 valence electrons. The summed E-state index contributed by atoms with van der Waals surface area (Å²) in [5.74, 6) is 1.60. The summed E-state index contributed by atoms with van der Waals surface area (Å²) < 4.78 is 0. The molecule has 2 nitrogen and oxygen atoms in total. The number of nitrogens with zero attached hydrogens (tertiary/aromatic N) is 1. The highest BCUT2D eigenvalue weighted by molar-refractivity contribution is 4.92. The third-order valence-electron chi connectivity index (χ3n) is 3.55. The van der Waals surface area contributed by atoms with Crippen molar-refractivity contribution in [2.24, 2.45) is 17.6 Å². The Morgan fingerprint density at radius 2 is 2.07 bits per heavy atom. The summed E-state index contributed by atoms with van der Waals surface area (Å²) in [6.45, 7) is 12.6. The molecule has 2 N–H and O–H groups in total. The lowest BCUT2D eigenvalue weighted by Gasteiger charge is -2.27. The maximum absolute atomic E-state index is 5.81. The topological polar surface area (TPSA) is 29.3 Å². The standard InChI is InChI=1S/C13H26N2/c1-4-15(9-11(2)3)10-13-7-5-6-12(13)8-14/h12-13H,2,4-10,14H2,1,3H3. The molecule has 0 spiro atoms. The van der Waals surface area contributed by atoms with E-state index in [-0.39, 0.29) is 0 Å². The van der Waals surface area contributed by atoms with Gasteiger partial charge in [-0.25, -0.2) is 0 Å². The van der Waals surface area contributed by atoms with Crippen LogP contribution in [-0.2, 0) is 0 Å². The Morgan fingerprint density at radius 3 is 2.60 bits per heavy atom. The molecule has 1 aliphatic carbocycles. The summed E-state index contributed by atoms with van der Waals surface area (Å²) in [4.78, 5) is 2.50. The maximum atomic E-state index is 5.81. The van der Waals surface area contributed by atoms with Crippen molar-refractivity contribution in [1.29, 1.82) is 0 Å². The summed E-state index contributed by atoms with van der Waals surface area (Å²) >= 11 is 0. The first-order valence-electron chi connectivity index (χ1n) is 6.24. The van der Waals surface area contributed by atoms with E-state index in [1.165, 1.54) is 31.4 Å². The molecular formula is C13H26N2. The van der Waals surface area contributed by atoms with Gasteiger partial charge in [-0.05, 0) is 44.7 Å². The fourth-order valence-electron chi connectivity index (χ4n) is 2.68. The second-order valence-corrected chi connectivity index (χ2v) is 4.97. The lowest BCUT2D eigenvalue weighted by Crippen LogP contribution is -2.34. The van der Waals surface area contributed by atoms with Gasteiger partial charge in [0.05, 0.1) is 0 Å². The maximum Gasteiger partial charge on any atom is 0.0187 e. The number of likely N-dealkylation sites (N-methyl/N-ethyl adjacent to an activating group) is 1. The van der Waals surface area contributed by atoms with Gasteiger partial charge >= 0.3 is 0 Å². The van der Waals surface area contributed by atoms with Crippen LogP contribution >= 0.6 is 0 Å². The van der Waals surface area contributed by atoms with E-state index in [2.05, 4.69) is 25.3 Å². The number of hydrogen-bond acceptors (Lipinski definition) is 2. The highest BCUT2D eigenvalue weighted by Crippen LogP contribution is 2.31. The smallest absolute Gasteiger partial charge is 0.0187 e. The average Bonchev–Trinajstić information content (AvgIpc) is 2.63. The number of nitrogens with two attached hydrogens (primary N) is 1. The van der Waals surface area contributed by atoms with Gasteiger partial charge in [0.25, 0.3) is 0 Å². The molecule has 15 heavy (non-hydrogen) atoms. The van der Waals surface area contributed by atoms with Crippen molar-refractivity contribution in [2.75, 3.05) is 26.2 Å². The van der Waals surface area contributed by atoms with Gasteiger partial charge in [0.1, 0.15) is 0 Å². The van der Waals surface area contributed by atoms with Crippen molar-refractivity contribution in [1.82, 2.24) is 4.90 Å². The van der Waals surface area contributed by atoms with Gasteiger partial charge < -0.3 is 5.73 Å². The van der Waals surface area contributed by atoms with E-state index in [1.807, 2.05) is 0 Å². The summed E-state index contributed by atoms with van der Waals surface area (Å²) in [5, 5.41) is 0. The van der Waals surface area contributed by atoms with Crippen molar-refractivity contribution >= 4 is 0 Å². The van der Waals surface area contributed by atoms with Gasteiger partial charge in [-0.3, -0.25) is 4.90 Å². The molecule has 0 saturated heterocycles. The molecule has 0 aromatic carbocycles.